The van der Waals surface area contributed by atoms with E-state index in [0.29, 0.717) is 36.0 Å². The fourth-order valence-electron chi connectivity index (χ4n) is 3.50. The normalized spacial score (nSPS) is 15.6. The molecule has 1 atom stereocenters. The fraction of sp³-hybridized carbons (Fsp3) is 0.474. The number of carbonyl (C=O) groups is 1. The monoisotopic (exact) mass is 456 g/mol. The summed E-state index contributed by atoms with van der Waals surface area (Å²) in [4.78, 5) is 13.5. The van der Waals surface area contributed by atoms with Gasteiger partial charge in [0.05, 0.1) is 11.9 Å². The topological polar surface area (TPSA) is 81.2 Å². The van der Waals surface area contributed by atoms with Crippen LogP contribution in [0.4, 0.5) is 14.5 Å². The fourth-order valence-corrected chi connectivity index (χ4v) is 4.03. The van der Waals surface area contributed by atoms with Crippen molar-refractivity contribution in [2.45, 2.75) is 44.7 Å². The van der Waals surface area contributed by atoms with Gasteiger partial charge in [0.15, 0.2) is 11.6 Å². The van der Waals surface area contributed by atoms with E-state index in [0.717, 1.165) is 30.9 Å². The standard InChI is InChI=1S/C19H23BrF2N4O2/c20-14-8-15(21)17(22)18(26-6-2-1-3-7-26)13(14)11-23-16(19(27)28)5-4-12-9-24-25-10-12/h8-10,16,23H,1-7,11H2,(H,24,25)(H,27,28). The number of rotatable bonds is 8. The molecule has 3 rings (SSSR count). The van der Waals surface area contributed by atoms with Crippen LogP contribution >= 0.6 is 15.9 Å². The molecular formula is C19H23BrF2N4O2. The smallest absolute Gasteiger partial charge is 0.320 e. The van der Waals surface area contributed by atoms with Crippen LogP contribution in [-0.2, 0) is 17.8 Å². The Balaban J connectivity index is 1.77. The number of H-pyrrole nitrogens is 1. The molecule has 1 unspecified atom stereocenters. The first-order valence-electron chi connectivity index (χ1n) is 9.32. The first-order valence-corrected chi connectivity index (χ1v) is 10.1. The van der Waals surface area contributed by atoms with Crippen molar-refractivity contribution in [1.82, 2.24) is 15.5 Å². The van der Waals surface area contributed by atoms with Crippen molar-refractivity contribution < 1.29 is 18.7 Å². The molecule has 0 spiro atoms. The third kappa shape index (κ3) is 4.88. The molecule has 6 nitrogen and oxygen atoms in total. The average molecular weight is 457 g/mol. The Kier molecular flexibility index (Phi) is 7.01. The summed E-state index contributed by atoms with van der Waals surface area (Å²) in [6, 6.07) is 0.283. The van der Waals surface area contributed by atoms with Crippen LogP contribution in [0.5, 0.6) is 0 Å². The van der Waals surface area contributed by atoms with Gasteiger partial charge < -0.3 is 15.3 Å². The van der Waals surface area contributed by atoms with Gasteiger partial charge in [-0.3, -0.25) is 9.89 Å². The first kappa shape index (κ1) is 20.7. The number of aromatic nitrogens is 2. The zero-order valence-corrected chi connectivity index (χ0v) is 16.9. The molecule has 28 heavy (non-hydrogen) atoms. The van der Waals surface area contributed by atoms with E-state index >= 15 is 0 Å². The summed E-state index contributed by atoms with van der Waals surface area (Å²) in [7, 11) is 0. The maximum absolute atomic E-state index is 14.7. The Labute approximate surface area is 170 Å². The number of aliphatic carboxylic acids is 1. The largest absolute Gasteiger partial charge is 0.480 e. The van der Waals surface area contributed by atoms with Crippen LogP contribution in [0.1, 0.15) is 36.8 Å². The van der Waals surface area contributed by atoms with Gasteiger partial charge in [-0.25, -0.2) is 8.78 Å². The summed E-state index contributed by atoms with van der Waals surface area (Å²) in [5, 5.41) is 19.1. The van der Waals surface area contributed by atoms with Crippen molar-refractivity contribution in [3.63, 3.8) is 0 Å². The van der Waals surface area contributed by atoms with Gasteiger partial charge in [0.2, 0.25) is 0 Å². The second-order valence-corrected chi connectivity index (χ2v) is 7.80. The number of nitrogens with zero attached hydrogens (tertiary/aromatic N) is 2. The summed E-state index contributed by atoms with van der Waals surface area (Å²) < 4.78 is 29.1. The third-order valence-corrected chi connectivity index (χ3v) is 5.72. The van der Waals surface area contributed by atoms with E-state index in [1.54, 1.807) is 12.4 Å². The molecule has 0 saturated carbocycles. The molecule has 1 aliphatic rings. The number of aromatic amines is 1. The third-order valence-electron chi connectivity index (χ3n) is 5.02. The van der Waals surface area contributed by atoms with E-state index in [9.17, 15) is 18.7 Å². The molecule has 1 saturated heterocycles. The quantitative estimate of drug-likeness (QED) is 0.528. The van der Waals surface area contributed by atoms with Gasteiger partial charge in [0.25, 0.3) is 0 Å². The van der Waals surface area contributed by atoms with Crippen LogP contribution < -0.4 is 10.2 Å². The van der Waals surface area contributed by atoms with Crippen molar-refractivity contribution in [1.29, 1.82) is 0 Å². The number of piperidine rings is 1. The van der Waals surface area contributed by atoms with E-state index < -0.39 is 23.6 Å². The van der Waals surface area contributed by atoms with Crippen LogP contribution in [0.3, 0.4) is 0 Å². The number of anilines is 1. The Morgan fingerprint density at radius 2 is 2.11 bits per heavy atom. The predicted molar refractivity (Wildman–Crippen MR) is 105 cm³/mol. The summed E-state index contributed by atoms with van der Waals surface area (Å²) >= 11 is 3.32. The molecular weight excluding hydrogens is 434 g/mol. The van der Waals surface area contributed by atoms with Gasteiger partial charge in [0, 0.05) is 35.9 Å². The summed E-state index contributed by atoms with van der Waals surface area (Å²) in [6.07, 6.45) is 7.18. The molecule has 0 radical (unpaired) electrons. The van der Waals surface area contributed by atoms with E-state index in [-0.39, 0.29) is 12.2 Å². The lowest BCUT2D eigenvalue weighted by atomic mass is 10.0. The molecule has 0 aliphatic carbocycles. The minimum Gasteiger partial charge on any atom is -0.480 e. The molecule has 2 heterocycles. The van der Waals surface area contributed by atoms with Crippen molar-refractivity contribution in [2.75, 3.05) is 18.0 Å². The second-order valence-electron chi connectivity index (χ2n) is 6.95. The molecule has 2 aromatic rings. The van der Waals surface area contributed by atoms with E-state index in [2.05, 4.69) is 31.4 Å². The van der Waals surface area contributed by atoms with Crippen LogP contribution in [0, 0.1) is 11.6 Å². The highest BCUT2D eigenvalue weighted by atomic mass is 79.9. The molecule has 0 bridgehead atoms. The maximum Gasteiger partial charge on any atom is 0.320 e. The summed E-state index contributed by atoms with van der Waals surface area (Å²) in [5.74, 6) is -2.78. The lowest BCUT2D eigenvalue weighted by molar-refractivity contribution is -0.139. The van der Waals surface area contributed by atoms with Gasteiger partial charge >= 0.3 is 5.97 Å². The molecule has 9 heteroatoms. The number of carboxylic acid groups (broad SMARTS) is 1. The Morgan fingerprint density at radius 3 is 2.75 bits per heavy atom. The van der Waals surface area contributed by atoms with E-state index in [1.807, 2.05) is 4.90 Å². The predicted octanol–water partition coefficient (Wildman–Crippen LogP) is 3.62. The Morgan fingerprint density at radius 1 is 1.36 bits per heavy atom. The highest BCUT2D eigenvalue weighted by molar-refractivity contribution is 9.10. The number of benzene rings is 1. The molecule has 0 amide bonds. The Bertz CT molecular complexity index is 811. The zero-order valence-electron chi connectivity index (χ0n) is 15.4. The molecule has 152 valence electrons. The minimum absolute atomic E-state index is 0.117. The van der Waals surface area contributed by atoms with Gasteiger partial charge in [0.1, 0.15) is 6.04 Å². The van der Waals surface area contributed by atoms with Crippen LogP contribution in [0.2, 0.25) is 0 Å². The number of halogens is 3. The zero-order chi connectivity index (χ0) is 20.1. The van der Waals surface area contributed by atoms with Gasteiger partial charge in [-0.05, 0) is 43.7 Å². The molecule has 1 aliphatic heterocycles. The van der Waals surface area contributed by atoms with Crippen molar-refractivity contribution in [3.8, 4) is 0 Å². The average Bonchev–Trinajstić information content (AvgIpc) is 3.19. The van der Waals surface area contributed by atoms with Crippen molar-refractivity contribution in [2.24, 2.45) is 0 Å². The number of nitrogens with one attached hydrogen (secondary N) is 2. The van der Waals surface area contributed by atoms with Crippen molar-refractivity contribution in [3.05, 3.63) is 45.7 Å². The molecule has 1 fully saturated rings. The Hall–Kier alpha value is -2.00. The maximum atomic E-state index is 14.7. The summed E-state index contributed by atoms with van der Waals surface area (Å²) in [6.45, 7) is 1.43. The van der Waals surface area contributed by atoms with E-state index in [1.165, 1.54) is 0 Å². The number of aryl methyl sites for hydroxylation is 1. The van der Waals surface area contributed by atoms with Gasteiger partial charge in [-0.15, -0.1) is 0 Å². The lowest BCUT2D eigenvalue weighted by Crippen LogP contribution is -2.38. The van der Waals surface area contributed by atoms with E-state index in [4.69, 9.17) is 0 Å². The highest BCUT2D eigenvalue weighted by Gasteiger charge is 2.25. The van der Waals surface area contributed by atoms with Gasteiger partial charge in [-0.2, -0.15) is 5.10 Å². The highest BCUT2D eigenvalue weighted by Crippen LogP contribution is 2.34. The lowest BCUT2D eigenvalue weighted by Gasteiger charge is -2.32. The minimum atomic E-state index is -0.985. The summed E-state index contributed by atoms with van der Waals surface area (Å²) in [5.41, 5.74) is 1.67. The number of hydrogen-bond acceptors (Lipinski definition) is 4. The van der Waals surface area contributed by atoms with Crippen LogP contribution in [0.25, 0.3) is 0 Å². The van der Waals surface area contributed by atoms with Gasteiger partial charge in [-0.1, -0.05) is 15.9 Å². The molecule has 3 N–H and O–H groups in total. The number of carboxylic acids is 1. The van der Waals surface area contributed by atoms with Crippen LogP contribution in [-0.4, -0.2) is 40.4 Å². The van der Waals surface area contributed by atoms with Crippen LogP contribution in [0.15, 0.2) is 22.9 Å². The molecule has 1 aromatic carbocycles. The second kappa shape index (κ2) is 9.47. The molecule has 1 aromatic heterocycles. The SMILES string of the molecule is O=C(O)C(CCc1cn[nH]c1)NCc1c(Br)cc(F)c(F)c1N1CCCCC1. The number of hydrogen-bond donors (Lipinski definition) is 3. The van der Waals surface area contributed by atoms with Crippen molar-refractivity contribution >= 4 is 27.6 Å². The first-order chi connectivity index (χ1) is 13.5.